The SMILES string of the molecule is O=C1C[C@@H](C(=O)NC[C@@H]2Cc3cccc(-c4cncnc4)c3O2)c2ccccc21. The van der Waals surface area contributed by atoms with Gasteiger partial charge in [-0.15, -0.1) is 0 Å². The van der Waals surface area contributed by atoms with E-state index in [-0.39, 0.29) is 24.2 Å². The molecule has 29 heavy (non-hydrogen) atoms. The Balaban J connectivity index is 1.27. The summed E-state index contributed by atoms with van der Waals surface area (Å²) < 4.78 is 6.16. The van der Waals surface area contributed by atoms with Gasteiger partial charge in [0.25, 0.3) is 0 Å². The van der Waals surface area contributed by atoms with E-state index in [1.165, 1.54) is 6.33 Å². The molecule has 0 spiro atoms. The molecule has 2 aromatic carbocycles. The molecule has 144 valence electrons. The summed E-state index contributed by atoms with van der Waals surface area (Å²) in [5.74, 6) is 0.307. The molecule has 2 heterocycles. The molecule has 5 rings (SSSR count). The largest absolute Gasteiger partial charge is 0.487 e. The number of hydrogen-bond acceptors (Lipinski definition) is 5. The van der Waals surface area contributed by atoms with Crippen LogP contribution < -0.4 is 10.1 Å². The Morgan fingerprint density at radius 2 is 1.83 bits per heavy atom. The van der Waals surface area contributed by atoms with Crippen LogP contribution in [-0.2, 0) is 11.2 Å². The van der Waals surface area contributed by atoms with E-state index < -0.39 is 5.92 Å². The Kier molecular flexibility index (Phi) is 4.31. The third kappa shape index (κ3) is 3.16. The highest BCUT2D eigenvalue weighted by molar-refractivity contribution is 6.06. The molecule has 2 aliphatic rings. The molecule has 6 nitrogen and oxygen atoms in total. The lowest BCUT2D eigenvalue weighted by Gasteiger charge is -2.16. The van der Waals surface area contributed by atoms with Crippen LogP contribution in [0.2, 0.25) is 0 Å². The maximum absolute atomic E-state index is 12.7. The van der Waals surface area contributed by atoms with E-state index >= 15 is 0 Å². The summed E-state index contributed by atoms with van der Waals surface area (Å²) in [4.78, 5) is 33.0. The van der Waals surface area contributed by atoms with Crippen molar-refractivity contribution in [1.82, 2.24) is 15.3 Å². The molecule has 2 atom stereocenters. The summed E-state index contributed by atoms with van der Waals surface area (Å²) in [5, 5.41) is 2.98. The summed E-state index contributed by atoms with van der Waals surface area (Å²) in [6, 6.07) is 13.4. The topological polar surface area (TPSA) is 81.2 Å². The number of ketones is 1. The third-order valence-corrected chi connectivity index (χ3v) is 5.55. The van der Waals surface area contributed by atoms with E-state index in [4.69, 9.17) is 4.74 Å². The lowest BCUT2D eigenvalue weighted by Crippen LogP contribution is -2.37. The van der Waals surface area contributed by atoms with E-state index in [9.17, 15) is 9.59 Å². The average Bonchev–Trinajstić information content (AvgIpc) is 3.34. The van der Waals surface area contributed by atoms with Gasteiger partial charge in [0.2, 0.25) is 5.91 Å². The zero-order chi connectivity index (χ0) is 19.8. The van der Waals surface area contributed by atoms with E-state index in [1.54, 1.807) is 18.5 Å². The van der Waals surface area contributed by atoms with Crippen molar-refractivity contribution in [1.29, 1.82) is 0 Å². The molecular weight excluding hydrogens is 366 g/mol. The summed E-state index contributed by atoms with van der Waals surface area (Å²) in [6.07, 6.45) is 5.82. The maximum Gasteiger partial charge on any atom is 0.228 e. The average molecular weight is 385 g/mol. The molecule has 1 aliphatic heterocycles. The summed E-state index contributed by atoms with van der Waals surface area (Å²) in [6.45, 7) is 0.394. The first-order valence-corrected chi connectivity index (χ1v) is 9.64. The van der Waals surface area contributed by atoms with E-state index in [0.717, 1.165) is 34.4 Å². The van der Waals surface area contributed by atoms with Crippen LogP contribution in [0, 0.1) is 0 Å². The molecule has 0 saturated heterocycles. The fraction of sp³-hybridized carbons (Fsp3) is 0.217. The molecule has 1 N–H and O–H groups in total. The monoisotopic (exact) mass is 385 g/mol. The zero-order valence-corrected chi connectivity index (χ0v) is 15.7. The first kappa shape index (κ1) is 17.6. The second-order valence-corrected chi connectivity index (χ2v) is 7.38. The van der Waals surface area contributed by atoms with Crippen LogP contribution in [0.15, 0.2) is 61.2 Å². The van der Waals surface area contributed by atoms with Crippen molar-refractivity contribution in [2.24, 2.45) is 0 Å². The third-order valence-electron chi connectivity index (χ3n) is 5.55. The standard InChI is InChI=1S/C23H19N3O3/c27-21-9-20(18-5-1-2-6-19(18)21)23(28)26-12-16-8-14-4-3-7-17(22(14)29-16)15-10-24-13-25-11-15/h1-7,10-11,13,16,20H,8-9,12H2,(H,26,28)/t16-,20+/m0/s1. The molecule has 0 radical (unpaired) electrons. The van der Waals surface area contributed by atoms with Crippen LogP contribution >= 0.6 is 0 Å². The molecule has 1 aliphatic carbocycles. The number of Topliss-reactive ketones (excluding diaryl/α,β-unsaturated/α-hetero) is 1. The molecule has 6 heteroatoms. The van der Waals surface area contributed by atoms with Crippen LogP contribution in [-0.4, -0.2) is 34.3 Å². The quantitative estimate of drug-likeness (QED) is 0.747. The first-order valence-electron chi connectivity index (χ1n) is 9.64. The second-order valence-electron chi connectivity index (χ2n) is 7.38. The Labute approximate surface area is 168 Å². The van der Waals surface area contributed by atoms with Gasteiger partial charge in [0.05, 0.1) is 12.5 Å². The molecule has 0 fully saturated rings. The van der Waals surface area contributed by atoms with Gasteiger partial charge in [0.1, 0.15) is 18.2 Å². The number of benzene rings is 2. The molecular formula is C23H19N3O3. The van der Waals surface area contributed by atoms with Crippen LogP contribution in [0.25, 0.3) is 11.1 Å². The van der Waals surface area contributed by atoms with Crippen LogP contribution in [0.4, 0.5) is 0 Å². The maximum atomic E-state index is 12.7. The second kappa shape index (κ2) is 7.13. The highest BCUT2D eigenvalue weighted by Gasteiger charge is 2.34. The number of hydrogen-bond donors (Lipinski definition) is 1. The fourth-order valence-electron chi connectivity index (χ4n) is 4.15. The van der Waals surface area contributed by atoms with Gasteiger partial charge in [-0.3, -0.25) is 9.59 Å². The first-order chi connectivity index (χ1) is 14.2. The van der Waals surface area contributed by atoms with Gasteiger partial charge in [-0.25, -0.2) is 9.97 Å². The van der Waals surface area contributed by atoms with Gasteiger partial charge in [0.15, 0.2) is 5.78 Å². The van der Waals surface area contributed by atoms with Crippen molar-refractivity contribution >= 4 is 11.7 Å². The number of amides is 1. The minimum absolute atomic E-state index is 0.0278. The number of rotatable bonds is 4. The van der Waals surface area contributed by atoms with Crippen LogP contribution in [0.3, 0.4) is 0 Å². The van der Waals surface area contributed by atoms with Gasteiger partial charge in [-0.2, -0.15) is 0 Å². The predicted octanol–water partition coefficient (Wildman–Crippen LogP) is 2.93. The van der Waals surface area contributed by atoms with Gasteiger partial charge in [0, 0.05) is 41.9 Å². The summed E-state index contributed by atoms with van der Waals surface area (Å²) in [5.41, 5.74) is 4.43. The Bertz CT molecular complexity index is 1100. The summed E-state index contributed by atoms with van der Waals surface area (Å²) >= 11 is 0. The van der Waals surface area contributed by atoms with Gasteiger partial charge in [-0.05, 0) is 11.1 Å². The highest BCUT2D eigenvalue weighted by Crippen LogP contribution is 2.38. The van der Waals surface area contributed by atoms with Crippen molar-refractivity contribution in [3.05, 3.63) is 77.9 Å². The molecule has 1 aromatic heterocycles. The number of nitrogens with zero attached hydrogens (tertiary/aromatic N) is 2. The predicted molar refractivity (Wildman–Crippen MR) is 107 cm³/mol. The van der Waals surface area contributed by atoms with Crippen molar-refractivity contribution < 1.29 is 14.3 Å². The lowest BCUT2D eigenvalue weighted by atomic mass is 10.0. The lowest BCUT2D eigenvalue weighted by molar-refractivity contribution is -0.122. The van der Waals surface area contributed by atoms with Crippen molar-refractivity contribution in [3.8, 4) is 16.9 Å². The number of fused-ring (bicyclic) bond motifs is 2. The van der Waals surface area contributed by atoms with E-state index in [2.05, 4.69) is 15.3 Å². The number of aromatic nitrogens is 2. The van der Waals surface area contributed by atoms with E-state index in [1.807, 2.05) is 36.4 Å². The minimum Gasteiger partial charge on any atom is -0.487 e. The van der Waals surface area contributed by atoms with Crippen molar-refractivity contribution in [3.63, 3.8) is 0 Å². The fourth-order valence-corrected chi connectivity index (χ4v) is 4.15. The molecule has 0 unspecified atom stereocenters. The minimum atomic E-state index is -0.417. The van der Waals surface area contributed by atoms with E-state index in [0.29, 0.717) is 12.1 Å². The van der Waals surface area contributed by atoms with Crippen LogP contribution in [0.1, 0.15) is 33.8 Å². The van der Waals surface area contributed by atoms with Crippen molar-refractivity contribution in [2.75, 3.05) is 6.54 Å². The Morgan fingerprint density at radius 1 is 1.03 bits per heavy atom. The zero-order valence-electron chi connectivity index (χ0n) is 15.7. The number of carbonyl (C=O) groups excluding carboxylic acids is 2. The van der Waals surface area contributed by atoms with Gasteiger partial charge < -0.3 is 10.1 Å². The Morgan fingerprint density at radius 3 is 2.69 bits per heavy atom. The number of carbonyl (C=O) groups is 2. The molecule has 0 bridgehead atoms. The summed E-state index contributed by atoms with van der Waals surface area (Å²) in [7, 11) is 0. The van der Waals surface area contributed by atoms with Crippen molar-refractivity contribution in [2.45, 2.75) is 24.9 Å². The smallest absolute Gasteiger partial charge is 0.228 e. The number of para-hydroxylation sites is 1. The Hall–Kier alpha value is -3.54. The number of ether oxygens (including phenoxy) is 1. The van der Waals surface area contributed by atoms with Crippen LogP contribution in [0.5, 0.6) is 5.75 Å². The normalized spacial score (nSPS) is 19.4. The molecule has 1 amide bonds. The molecule has 3 aromatic rings. The number of nitrogens with one attached hydrogen (secondary N) is 1. The van der Waals surface area contributed by atoms with Gasteiger partial charge in [-0.1, -0.05) is 42.5 Å². The molecule has 0 saturated carbocycles. The highest BCUT2D eigenvalue weighted by atomic mass is 16.5. The van der Waals surface area contributed by atoms with Gasteiger partial charge >= 0.3 is 0 Å².